The number of hydrogen-bond donors (Lipinski definition) is 1. The summed E-state index contributed by atoms with van der Waals surface area (Å²) in [6, 6.07) is 25.3. The molecular weight excluding hydrogens is 478 g/mol. The van der Waals surface area contributed by atoms with E-state index in [-0.39, 0.29) is 17.7 Å². The van der Waals surface area contributed by atoms with Gasteiger partial charge in [-0.15, -0.1) is 0 Å². The minimum Gasteiger partial charge on any atom is -0.436 e. The highest BCUT2D eigenvalue weighted by Gasteiger charge is 2.36. The molecule has 2 heterocycles. The normalized spacial score (nSPS) is 12.8. The van der Waals surface area contributed by atoms with Crippen LogP contribution >= 0.6 is 11.6 Å². The summed E-state index contributed by atoms with van der Waals surface area (Å²) in [5.41, 5.74) is 3.80. The van der Waals surface area contributed by atoms with Crippen molar-refractivity contribution in [2.24, 2.45) is 0 Å². The summed E-state index contributed by atoms with van der Waals surface area (Å²) in [5.74, 6) is -0.789. The van der Waals surface area contributed by atoms with Gasteiger partial charge in [0.25, 0.3) is 17.7 Å². The molecule has 4 aromatic carbocycles. The van der Waals surface area contributed by atoms with Crippen molar-refractivity contribution in [2.45, 2.75) is 0 Å². The van der Waals surface area contributed by atoms with E-state index in [2.05, 4.69) is 10.3 Å². The summed E-state index contributed by atoms with van der Waals surface area (Å²) in [7, 11) is 0. The monoisotopic (exact) mass is 493 g/mol. The van der Waals surface area contributed by atoms with Crippen molar-refractivity contribution < 1.29 is 18.8 Å². The largest absolute Gasteiger partial charge is 0.436 e. The van der Waals surface area contributed by atoms with Gasteiger partial charge in [-0.05, 0) is 66.7 Å². The highest BCUT2D eigenvalue weighted by molar-refractivity contribution is 6.34. The number of amides is 3. The summed E-state index contributed by atoms with van der Waals surface area (Å²) < 4.78 is 5.87. The van der Waals surface area contributed by atoms with Crippen molar-refractivity contribution >= 4 is 51.8 Å². The number of anilines is 2. The Bertz CT molecular complexity index is 1660. The van der Waals surface area contributed by atoms with Gasteiger partial charge in [-0.2, -0.15) is 0 Å². The van der Waals surface area contributed by atoms with Gasteiger partial charge in [-0.1, -0.05) is 35.9 Å². The quantitative estimate of drug-likeness (QED) is 0.301. The van der Waals surface area contributed by atoms with E-state index >= 15 is 0 Å². The number of nitrogens with one attached hydrogen (secondary N) is 1. The number of para-hydroxylation sites is 1. The lowest BCUT2D eigenvalue weighted by molar-refractivity contribution is 0.0925. The third kappa shape index (κ3) is 3.62. The van der Waals surface area contributed by atoms with E-state index in [4.69, 9.17) is 16.0 Å². The van der Waals surface area contributed by atoms with Crippen molar-refractivity contribution in [2.75, 3.05) is 10.2 Å². The Kier molecular flexibility index (Phi) is 5.13. The predicted molar refractivity (Wildman–Crippen MR) is 136 cm³/mol. The number of nitrogens with zero attached hydrogens (tertiary/aromatic N) is 2. The smallest absolute Gasteiger partial charge is 0.266 e. The lowest BCUT2D eigenvalue weighted by Crippen LogP contribution is -2.29. The molecule has 0 spiro atoms. The molecule has 36 heavy (non-hydrogen) atoms. The Morgan fingerprint density at radius 3 is 2.14 bits per heavy atom. The van der Waals surface area contributed by atoms with E-state index in [1.165, 1.54) is 0 Å². The van der Waals surface area contributed by atoms with Gasteiger partial charge < -0.3 is 9.73 Å². The summed E-state index contributed by atoms with van der Waals surface area (Å²) in [6.07, 6.45) is 0. The minimum absolute atomic E-state index is 0.351. The van der Waals surface area contributed by atoms with Crippen LogP contribution in [0.15, 0.2) is 95.4 Å². The zero-order chi connectivity index (χ0) is 24.8. The van der Waals surface area contributed by atoms with Crippen LogP contribution in [0.3, 0.4) is 0 Å². The number of halogens is 1. The SMILES string of the molecule is O=C(Nc1ccccc1-c1nc2cc(Cl)ccc2o1)c1ccc(N2C(=O)c3ccccc3C2=O)cc1. The van der Waals surface area contributed by atoms with Crippen LogP contribution < -0.4 is 10.2 Å². The van der Waals surface area contributed by atoms with Crippen molar-refractivity contribution in [1.29, 1.82) is 0 Å². The second-order valence-electron chi connectivity index (χ2n) is 8.17. The molecule has 1 aromatic heterocycles. The fraction of sp³-hybridized carbons (Fsp3) is 0. The number of aromatic nitrogens is 1. The third-order valence-corrected chi connectivity index (χ3v) is 6.17. The standard InChI is InChI=1S/C28H16ClN3O4/c29-17-11-14-24-23(15-17)31-26(36-24)21-7-3-4-8-22(21)30-25(33)16-9-12-18(13-10-16)32-27(34)19-5-1-2-6-20(19)28(32)35/h1-15H,(H,30,33). The summed E-state index contributed by atoms with van der Waals surface area (Å²) in [5, 5.41) is 3.44. The summed E-state index contributed by atoms with van der Waals surface area (Å²) in [6.45, 7) is 0. The van der Waals surface area contributed by atoms with Crippen LogP contribution in [-0.4, -0.2) is 22.7 Å². The Morgan fingerprint density at radius 1 is 0.806 bits per heavy atom. The number of carbonyl (C=O) groups is 3. The number of benzene rings is 4. The minimum atomic E-state index is -0.388. The van der Waals surface area contributed by atoms with Gasteiger partial charge in [0.15, 0.2) is 5.58 Å². The van der Waals surface area contributed by atoms with Crippen LogP contribution in [0.25, 0.3) is 22.6 Å². The Balaban J connectivity index is 1.25. The van der Waals surface area contributed by atoms with E-state index in [1.807, 2.05) is 6.07 Å². The first-order valence-corrected chi connectivity index (χ1v) is 11.4. The van der Waals surface area contributed by atoms with Crippen LogP contribution in [0.5, 0.6) is 0 Å². The maximum atomic E-state index is 13.0. The van der Waals surface area contributed by atoms with Crippen LogP contribution in [0.1, 0.15) is 31.1 Å². The second kappa shape index (κ2) is 8.48. The van der Waals surface area contributed by atoms with Gasteiger partial charge in [0.05, 0.1) is 28.1 Å². The molecule has 0 fully saturated rings. The zero-order valence-corrected chi connectivity index (χ0v) is 19.3. The number of imide groups is 1. The molecule has 0 aliphatic carbocycles. The fourth-order valence-electron chi connectivity index (χ4n) is 4.17. The molecule has 0 atom stereocenters. The molecule has 0 saturated carbocycles. The first-order chi connectivity index (χ1) is 17.5. The number of rotatable bonds is 4. The van der Waals surface area contributed by atoms with Crippen LogP contribution in [0.2, 0.25) is 5.02 Å². The molecule has 174 valence electrons. The van der Waals surface area contributed by atoms with Gasteiger partial charge in [0, 0.05) is 10.6 Å². The Labute approximate surface area is 209 Å². The molecule has 3 amide bonds. The second-order valence-corrected chi connectivity index (χ2v) is 8.61. The first kappa shape index (κ1) is 21.8. The maximum Gasteiger partial charge on any atom is 0.266 e. The topological polar surface area (TPSA) is 92.5 Å². The molecule has 0 unspecified atom stereocenters. The molecule has 0 radical (unpaired) electrons. The van der Waals surface area contributed by atoms with E-state index in [1.54, 1.807) is 84.9 Å². The number of hydrogen-bond acceptors (Lipinski definition) is 5. The Morgan fingerprint density at radius 2 is 1.44 bits per heavy atom. The number of fused-ring (bicyclic) bond motifs is 2. The lowest BCUT2D eigenvalue weighted by atomic mass is 10.1. The lowest BCUT2D eigenvalue weighted by Gasteiger charge is -2.14. The van der Waals surface area contributed by atoms with Gasteiger partial charge in [-0.3, -0.25) is 14.4 Å². The predicted octanol–water partition coefficient (Wildman–Crippen LogP) is 6.20. The van der Waals surface area contributed by atoms with Crippen molar-refractivity contribution in [1.82, 2.24) is 4.98 Å². The van der Waals surface area contributed by atoms with E-state index in [0.29, 0.717) is 55.6 Å². The first-order valence-electron chi connectivity index (χ1n) is 11.0. The van der Waals surface area contributed by atoms with Crippen LogP contribution in [-0.2, 0) is 0 Å². The van der Waals surface area contributed by atoms with Gasteiger partial charge in [-0.25, -0.2) is 9.88 Å². The highest BCUT2D eigenvalue weighted by atomic mass is 35.5. The Hall–Kier alpha value is -4.75. The molecule has 1 N–H and O–H groups in total. The van der Waals surface area contributed by atoms with E-state index in [9.17, 15) is 14.4 Å². The fourth-order valence-corrected chi connectivity index (χ4v) is 4.34. The van der Waals surface area contributed by atoms with Crippen LogP contribution in [0.4, 0.5) is 11.4 Å². The summed E-state index contributed by atoms with van der Waals surface area (Å²) >= 11 is 6.06. The van der Waals surface area contributed by atoms with Gasteiger partial charge in [0.2, 0.25) is 5.89 Å². The number of oxazole rings is 1. The average Bonchev–Trinajstić information content (AvgIpc) is 3.42. The van der Waals surface area contributed by atoms with E-state index in [0.717, 1.165) is 4.90 Å². The van der Waals surface area contributed by atoms with Crippen molar-refractivity contribution in [3.63, 3.8) is 0 Å². The molecule has 5 aromatic rings. The molecule has 0 bridgehead atoms. The highest BCUT2D eigenvalue weighted by Crippen LogP contribution is 2.32. The molecule has 0 saturated heterocycles. The molecule has 7 nitrogen and oxygen atoms in total. The molecular formula is C28H16ClN3O4. The van der Waals surface area contributed by atoms with Crippen molar-refractivity contribution in [3.05, 3.63) is 113 Å². The average molecular weight is 494 g/mol. The van der Waals surface area contributed by atoms with E-state index < -0.39 is 0 Å². The van der Waals surface area contributed by atoms with Gasteiger partial charge in [0.1, 0.15) is 5.52 Å². The molecule has 1 aliphatic rings. The molecule has 6 rings (SSSR count). The van der Waals surface area contributed by atoms with Crippen molar-refractivity contribution in [3.8, 4) is 11.5 Å². The van der Waals surface area contributed by atoms with Gasteiger partial charge >= 0.3 is 0 Å². The zero-order valence-electron chi connectivity index (χ0n) is 18.6. The molecule has 1 aliphatic heterocycles. The number of carbonyl (C=O) groups excluding carboxylic acids is 3. The van der Waals surface area contributed by atoms with Crippen LogP contribution in [0, 0.1) is 0 Å². The molecule has 8 heteroatoms. The third-order valence-electron chi connectivity index (χ3n) is 5.94. The maximum absolute atomic E-state index is 13.0. The summed E-state index contributed by atoms with van der Waals surface area (Å²) in [4.78, 5) is 44.1.